The Morgan fingerprint density at radius 2 is 1.52 bits per heavy atom. The highest BCUT2D eigenvalue weighted by Gasteiger charge is 2.21. The van der Waals surface area contributed by atoms with E-state index in [1.54, 1.807) is 14.2 Å². The van der Waals surface area contributed by atoms with Crippen molar-refractivity contribution >= 4 is 16.6 Å². The second kappa shape index (κ2) is 7.79. The van der Waals surface area contributed by atoms with Crippen LogP contribution in [0.25, 0.3) is 22.0 Å². The predicted molar refractivity (Wildman–Crippen MR) is 117 cm³/mol. The maximum atomic E-state index is 13.6. The third-order valence-corrected chi connectivity index (χ3v) is 5.73. The first-order valence-corrected chi connectivity index (χ1v) is 9.81. The Bertz CT molecular complexity index is 1080. The Labute approximate surface area is 170 Å². The van der Waals surface area contributed by atoms with Crippen LogP contribution >= 0.6 is 0 Å². The van der Waals surface area contributed by atoms with Gasteiger partial charge in [0.2, 0.25) is 0 Å². The fraction of sp³-hybridized carbons (Fsp3) is 0.348. The van der Waals surface area contributed by atoms with Crippen molar-refractivity contribution in [3.8, 4) is 22.6 Å². The molecule has 0 atom stereocenters. The summed E-state index contributed by atoms with van der Waals surface area (Å²) in [4.78, 5) is 18.2. The first kappa shape index (κ1) is 19.3. The van der Waals surface area contributed by atoms with Crippen LogP contribution in [-0.2, 0) is 7.05 Å². The van der Waals surface area contributed by atoms with Crippen molar-refractivity contribution in [2.24, 2.45) is 7.05 Å². The van der Waals surface area contributed by atoms with Crippen LogP contribution in [0.15, 0.2) is 47.4 Å². The number of pyridine rings is 1. The summed E-state index contributed by atoms with van der Waals surface area (Å²) in [5.74, 6) is 1.54. The summed E-state index contributed by atoms with van der Waals surface area (Å²) >= 11 is 0. The predicted octanol–water partition coefficient (Wildman–Crippen LogP) is 2.97. The lowest BCUT2D eigenvalue weighted by molar-refractivity contribution is 0.313. The van der Waals surface area contributed by atoms with Crippen LogP contribution in [0.5, 0.6) is 11.5 Å². The SMILES string of the molecule is COc1ccc(-c2cn(C)c3cc(OC)cc(N4CCN(C)CC4)c3c2=O)cc1. The summed E-state index contributed by atoms with van der Waals surface area (Å²) in [6.45, 7) is 3.71. The molecule has 0 radical (unpaired) electrons. The van der Waals surface area contributed by atoms with Crippen molar-refractivity contribution in [1.29, 1.82) is 0 Å². The largest absolute Gasteiger partial charge is 0.497 e. The molecule has 0 spiro atoms. The number of hydrogen-bond donors (Lipinski definition) is 0. The zero-order valence-electron chi connectivity index (χ0n) is 17.4. The molecule has 0 bridgehead atoms. The molecule has 1 saturated heterocycles. The molecule has 1 aliphatic rings. The van der Waals surface area contributed by atoms with Gasteiger partial charge in [0, 0.05) is 57.1 Å². The lowest BCUT2D eigenvalue weighted by atomic mass is 10.0. The molecule has 29 heavy (non-hydrogen) atoms. The van der Waals surface area contributed by atoms with E-state index in [9.17, 15) is 4.79 Å². The molecule has 6 nitrogen and oxygen atoms in total. The lowest BCUT2D eigenvalue weighted by Gasteiger charge is -2.35. The first-order chi connectivity index (χ1) is 14.0. The van der Waals surface area contributed by atoms with Crippen LogP contribution in [0.1, 0.15) is 0 Å². The third kappa shape index (κ3) is 3.56. The van der Waals surface area contributed by atoms with Gasteiger partial charge in [-0.1, -0.05) is 12.1 Å². The molecular weight excluding hydrogens is 366 g/mol. The van der Waals surface area contributed by atoms with Crippen LogP contribution in [0.4, 0.5) is 5.69 Å². The number of rotatable bonds is 4. The Kier molecular flexibility index (Phi) is 5.20. The van der Waals surface area contributed by atoms with Gasteiger partial charge in [-0.15, -0.1) is 0 Å². The summed E-state index contributed by atoms with van der Waals surface area (Å²) in [5, 5.41) is 0.742. The van der Waals surface area contributed by atoms with E-state index in [1.807, 2.05) is 54.2 Å². The van der Waals surface area contributed by atoms with Gasteiger partial charge in [-0.25, -0.2) is 0 Å². The molecule has 1 fully saturated rings. The van der Waals surface area contributed by atoms with Crippen molar-refractivity contribution in [1.82, 2.24) is 9.47 Å². The molecule has 1 aliphatic heterocycles. The molecular formula is C23H27N3O3. The molecule has 0 aliphatic carbocycles. The molecule has 0 saturated carbocycles. The number of benzene rings is 2. The van der Waals surface area contributed by atoms with E-state index in [2.05, 4.69) is 16.8 Å². The zero-order valence-corrected chi connectivity index (χ0v) is 17.4. The molecule has 2 heterocycles. The normalized spacial score (nSPS) is 15.0. The molecule has 0 N–H and O–H groups in total. The van der Waals surface area contributed by atoms with Gasteiger partial charge in [0.15, 0.2) is 5.43 Å². The monoisotopic (exact) mass is 393 g/mol. The molecule has 6 heteroatoms. The van der Waals surface area contributed by atoms with E-state index in [0.29, 0.717) is 5.56 Å². The Balaban J connectivity index is 1.93. The van der Waals surface area contributed by atoms with E-state index >= 15 is 0 Å². The van der Waals surface area contributed by atoms with Gasteiger partial charge in [0.05, 0.1) is 30.8 Å². The van der Waals surface area contributed by atoms with Crippen LogP contribution in [0.2, 0.25) is 0 Å². The fourth-order valence-electron chi connectivity index (χ4n) is 3.94. The smallest absolute Gasteiger partial charge is 0.199 e. The number of ether oxygens (including phenoxy) is 2. The molecule has 3 aromatic rings. The minimum absolute atomic E-state index is 0.0415. The van der Waals surface area contributed by atoms with Crippen molar-refractivity contribution in [2.45, 2.75) is 0 Å². The molecule has 0 unspecified atom stereocenters. The second-order valence-electron chi connectivity index (χ2n) is 7.54. The highest BCUT2D eigenvalue weighted by Crippen LogP contribution is 2.32. The van der Waals surface area contributed by atoms with Gasteiger partial charge in [-0.05, 0) is 24.7 Å². The molecule has 1 aromatic heterocycles. The number of piperazine rings is 1. The van der Waals surface area contributed by atoms with Crippen LogP contribution in [0, 0.1) is 0 Å². The maximum Gasteiger partial charge on any atom is 0.199 e. The standard InChI is InChI=1S/C23H27N3O3/c1-24-9-11-26(12-10-24)21-14-18(29-4)13-20-22(21)23(27)19(15-25(20)2)16-5-7-17(28-3)8-6-16/h5-8,13-15H,9-12H2,1-4H3. The minimum atomic E-state index is 0.0415. The Morgan fingerprint density at radius 1 is 0.862 bits per heavy atom. The van der Waals surface area contributed by atoms with Gasteiger partial charge in [0.1, 0.15) is 11.5 Å². The van der Waals surface area contributed by atoms with Crippen molar-refractivity contribution < 1.29 is 9.47 Å². The molecule has 2 aromatic carbocycles. The number of aryl methyl sites for hydroxylation is 1. The molecule has 0 amide bonds. The number of fused-ring (bicyclic) bond motifs is 1. The Hall–Kier alpha value is -2.99. The Morgan fingerprint density at radius 3 is 2.14 bits per heavy atom. The summed E-state index contributed by atoms with van der Waals surface area (Å²) in [6.07, 6.45) is 1.90. The minimum Gasteiger partial charge on any atom is -0.497 e. The van der Waals surface area contributed by atoms with Gasteiger partial charge in [-0.3, -0.25) is 4.79 Å². The number of hydrogen-bond acceptors (Lipinski definition) is 5. The highest BCUT2D eigenvalue weighted by molar-refractivity contribution is 5.96. The zero-order chi connectivity index (χ0) is 20.5. The number of likely N-dealkylation sites (N-methyl/N-ethyl adjacent to an activating group) is 1. The van der Waals surface area contributed by atoms with E-state index < -0.39 is 0 Å². The first-order valence-electron chi connectivity index (χ1n) is 9.81. The summed E-state index contributed by atoms with van der Waals surface area (Å²) < 4.78 is 12.8. The number of nitrogens with zero attached hydrogens (tertiary/aromatic N) is 3. The van der Waals surface area contributed by atoms with Crippen LogP contribution < -0.4 is 19.8 Å². The van der Waals surface area contributed by atoms with Crippen molar-refractivity contribution in [2.75, 3.05) is 52.3 Å². The molecule has 4 rings (SSSR count). The van der Waals surface area contributed by atoms with E-state index in [1.165, 1.54) is 0 Å². The van der Waals surface area contributed by atoms with Crippen molar-refractivity contribution in [3.05, 3.63) is 52.8 Å². The number of aromatic nitrogens is 1. The maximum absolute atomic E-state index is 13.6. The summed E-state index contributed by atoms with van der Waals surface area (Å²) in [7, 11) is 7.41. The topological polar surface area (TPSA) is 46.9 Å². The van der Waals surface area contributed by atoms with Crippen LogP contribution in [0.3, 0.4) is 0 Å². The van der Waals surface area contributed by atoms with Gasteiger partial charge in [-0.2, -0.15) is 0 Å². The molecule has 152 valence electrons. The average Bonchev–Trinajstić information content (AvgIpc) is 2.76. The fourth-order valence-corrected chi connectivity index (χ4v) is 3.94. The number of methoxy groups -OCH3 is 2. The third-order valence-electron chi connectivity index (χ3n) is 5.73. The van der Waals surface area contributed by atoms with Gasteiger partial charge in [0.25, 0.3) is 0 Å². The van der Waals surface area contributed by atoms with Gasteiger partial charge < -0.3 is 23.8 Å². The van der Waals surface area contributed by atoms with Gasteiger partial charge >= 0.3 is 0 Å². The van der Waals surface area contributed by atoms with E-state index in [-0.39, 0.29) is 5.43 Å². The van der Waals surface area contributed by atoms with E-state index in [4.69, 9.17) is 9.47 Å². The van der Waals surface area contributed by atoms with Crippen LogP contribution in [-0.4, -0.2) is 56.9 Å². The highest BCUT2D eigenvalue weighted by atomic mass is 16.5. The number of anilines is 1. The van der Waals surface area contributed by atoms with Crippen molar-refractivity contribution in [3.63, 3.8) is 0 Å². The second-order valence-corrected chi connectivity index (χ2v) is 7.54. The summed E-state index contributed by atoms with van der Waals surface area (Å²) in [5.41, 5.74) is 3.43. The average molecular weight is 393 g/mol. The summed E-state index contributed by atoms with van der Waals surface area (Å²) in [6, 6.07) is 11.6. The quantitative estimate of drug-likeness (QED) is 0.682. The van der Waals surface area contributed by atoms with E-state index in [0.717, 1.165) is 59.8 Å². The lowest BCUT2D eigenvalue weighted by Crippen LogP contribution is -2.44.